The number of aliphatic carboxylic acids is 1. The highest BCUT2D eigenvalue weighted by molar-refractivity contribution is 5.95. The Morgan fingerprint density at radius 3 is 1.84 bits per heavy atom. The number of hydrogen-bond acceptors (Lipinski definition) is 15. The Balaban J connectivity index is 1.53. The number of ether oxygens (including phenoxy) is 8. The van der Waals surface area contributed by atoms with Crippen molar-refractivity contribution in [3.63, 3.8) is 0 Å². The molecule has 5 amide bonds. The summed E-state index contributed by atoms with van der Waals surface area (Å²) in [6.07, 6.45) is 1.58. The molecule has 9 atom stereocenters. The van der Waals surface area contributed by atoms with Crippen molar-refractivity contribution in [3.8, 4) is 0 Å². The van der Waals surface area contributed by atoms with Gasteiger partial charge in [-0.25, -0.2) is 4.79 Å². The van der Waals surface area contributed by atoms with Gasteiger partial charge < -0.3 is 74.1 Å². The van der Waals surface area contributed by atoms with Crippen LogP contribution in [-0.4, -0.2) is 217 Å². The van der Waals surface area contributed by atoms with Gasteiger partial charge in [0, 0.05) is 47.3 Å². The van der Waals surface area contributed by atoms with Crippen LogP contribution in [0.4, 0.5) is 0 Å². The Morgan fingerprint density at radius 2 is 1.33 bits per heavy atom. The summed E-state index contributed by atoms with van der Waals surface area (Å²) in [5, 5.41) is 15.7. The fraction of sp³-hybridized carbons (Fsp3) is 0.778. The second-order valence-corrected chi connectivity index (χ2v) is 20.0. The summed E-state index contributed by atoms with van der Waals surface area (Å²) < 4.78 is 44.9. The average molecular weight is 1070 g/mol. The Hall–Kier alpha value is -4.32. The third-order valence-corrected chi connectivity index (χ3v) is 14.4. The molecule has 0 saturated carbocycles. The number of nitrogens with one attached hydrogen (secondary N) is 2. The van der Waals surface area contributed by atoms with E-state index in [-0.39, 0.29) is 62.0 Å². The maximum atomic E-state index is 14.7. The van der Waals surface area contributed by atoms with E-state index in [0.29, 0.717) is 118 Å². The van der Waals surface area contributed by atoms with Crippen LogP contribution in [0, 0.1) is 17.8 Å². The Morgan fingerprint density at radius 1 is 0.773 bits per heavy atom. The first-order valence-corrected chi connectivity index (χ1v) is 26.9. The first kappa shape index (κ1) is 65.0. The number of rotatable bonds is 39. The highest BCUT2D eigenvalue weighted by Crippen LogP contribution is 2.32. The van der Waals surface area contributed by atoms with E-state index in [1.807, 2.05) is 45.9 Å². The maximum absolute atomic E-state index is 14.7. The SMILES string of the molecule is CCC(C)C(C(CC(=O)N1CCCC1C(OC)C(C)C(=O)NC(Cc1ccccc1)C(=O)O)OC)N(C)C(=O)C(NC(=O)C1(C)CCCN1C(=O)CCOCCOCCOCCOCCOCCOCCN)C(C)C. The molecular weight excluding hydrogens is 973 g/mol. The standard InChI is InChI=1S/C54H92N6O15/c1-10-39(4)48(44(68-8)37-46(62)59-22-14-18-43(59)49(69-9)40(5)50(63)56-42(52(65)66)36-41-16-12-11-13-17-41)58(7)51(64)47(38(2)3)57-53(67)54(6)20-15-23-60(54)45(61)19-24-70-26-28-72-30-32-74-34-35-75-33-31-73-29-27-71-25-21-55/h11-13,16-17,38-40,42-44,47-49H,10,14-15,18-37,55H2,1-9H3,(H,56,63)(H,57,67)(H,65,66). The zero-order chi connectivity index (χ0) is 55.3. The zero-order valence-corrected chi connectivity index (χ0v) is 46.4. The van der Waals surface area contributed by atoms with E-state index < -0.39 is 65.6 Å². The molecule has 21 nitrogen and oxygen atoms in total. The molecule has 2 aliphatic rings. The lowest BCUT2D eigenvalue weighted by atomic mass is 9.89. The number of carbonyl (C=O) groups excluding carboxylic acids is 5. The summed E-state index contributed by atoms with van der Waals surface area (Å²) in [6.45, 7) is 17.3. The normalized spacial score (nSPS) is 19.5. The van der Waals surface area contributed by atoms with Crippen LogP contribution < -0.4 is 16.4 Å². The number of amides is 5. The van der Waals surface area contributed by atoms with Crippen LogP contribution >= 0.6 is 0 Å². The molecule has 21 heteroatoms. The number of benzene rings is 1. The van der Waals surface area contributed by atoms with Crippen molar-refractivity contribution in [1.82, 2.24) is 25.3 Å². The van der Waals surface area contributed by atoms with Gasteiger partial charge in [0.2, 0.25) is 29.5 Å². The van der Waals surface area contributed by atoms with E-state index >= 15 is 0 Å². The summed E-state index contributed by atoms with van der Waals surface area (Å²) in [4.78, 5) is 87.6. The minimum Gasteiger partial charge on any atom is -0.480 e. The van der Waals surface area contributed by atoms with Gasteiger partial charge in [-0.3, -0.25) is 24.0 Å². The highest BCUT2D eigenvalue weighted by Gasteiger charge is 2.48. The van der Waals surface area contributed by atoms with Crippen molar-refractivity contribution in [1.29, 1.82) is 0 Å². The van der Waals surface area contributed by atoms with Crippen molar-refractivity contribution < 1.29 is 71.8 Å². The molecule has 1 aromatic carbocycles. The predicted octanol–water partition coefficient (Wildman–Crippen LogP) is 2.69. The van der Waals surface area contributed by atoms with Gasteiger partial charge >= 0.3 is 5.97 Å². The van der Waals surface area contributed by atoms with Crippen molar-refractivity contribution in [3.05, 3.63) is 35.9 Å². The Bertz CT molecular complexity index is 1850. The van der Waals surface area contributed by atoms with Crippen LogP contribution in [0.1, 0.15) is 92.1 Å². The van der Waals surface area contributed by atoms with Crippen LogP contribution in [0.5, 0.6) is 0 Å². The third-order valence-electron chi connectivity index (χ3n) is 14.4. The molecule has 0 aliphatic carbocycles. The highest BCUT2D eigenvalue weighted by atomic mass is 16.6. The predicted molar refractivity (Wildman–Crippen MR) is 281 cm³/mol. The summed E-state index contributed by atoms with van der Waals surface area (Å²) in [7, 11) is 4.67. The number of carboxylic acids is 1. The smallest absolute Gasteiger partial charge is 0.326 e. The second-order valence-electron chi connectivity index (χ2n) is 20.0. The quantitative estimate of drug-likeness (QED) is 0.0692. The maximum Gasteiger partial charge on any atom is 0.326 e. The van der Waals surface area contributed by atoms with Gasteiger partial charge in [0.15, 0.2) is 0 Å². The molecule has 2 fully saturated rings. The van der Waals surface area contributed by atoms with Gasteiger partial charge in [0.1, 0.15) is 17.6 Å². The molecule has 0 aromatic heterocycles. The minimum absolute atomic E-state index is 0.0726. The number of nitrogens with two attached hydrogens (primary N) is 1. The van der Waals surface area contributed by atoms with Crippen molar-refractivity contribution in [2.45, 2.75) is 135 Å². The first-order valence-electron chi connectivity index (χ1n) is 26.9. The van der Waals surface area contributed by atoms with Gasteiger partial charge in [-0.15, -0.1) is 0 Å². The minimum atomic E-state index is -1.19. The number of likely N-dealkylation sites (tertiary alicyclic amines) is 2. The number of likely N-dealkylation sites (N-methyl/N-ethyl adjacent to an activating group) is 1. The number of hydrogen-bond donors (Lipinski definition) is 4. The van der Waals surface area contributed by atoms with Crippen LogP contribution in [0.25, 0.3) is 0 Å². The van der Waals surface area contributed by atoms with Gasteiger partial charge in [-0.2, -0.15) is 0 Å². The Kier molecular flexibility index (Phi) is 30.5. The largest absolute Gasteiger partial charge is 0.480 e. The lowest BCUT2D eigenvalue weighted by Crippen LogP contribution is -2.62. The fourth-order valence-corrected chi connectivity index (χ4v) is 9.87. The summed E-state index contributed by atoms with van der Waals surface area (Å²) in [5.41, 5.74) is 4.95. The number of methoxy groups -OCH3 is 2. The molecule has 5 N–H and O–H groups in total. The molecule has 75 heavy (non-hydrogen) atoms. The summed E-state index contributed by atoms with van der Waals surface area (Å²) in [6, 6.07) is 5.90. The van der Waals surface area contributed by atoms with Crippen LogP contribution in [-0.2, 0) is 73.1 Å². The van der Waals surface area contributed by atoms with Crippen LogP contribution in [0.3, 0.4) is 0 Å². The molecule has 0 spiro atoms. The molecule has 2 aliphatic heterocycles. The molecule has 1 aromatic rings. The van der Waals surface area contributed by atoms with Crippen LogP contribution in [0.2, 0.25) is 0 Å². The monoisotopic (exact) mass is 1060 g/mol. The van der Waals surface area contributed by atoms with Crippen molar-refractivity contribution in [2.24, 2.45) is 23.5 Å². The van der Waals surface area contributed by atoms with Gasteiger partial charge in [-0.1, -0.05) is 71.4 Å². The third kappa shape index (κ3) is 20.9. The molecular formula is C54H92N6O15. The first-order chi connectivity index (χ1) is 36.0. The van der Waals surface area contributed by atoms with E-state index in [2.05, 4.69) is 10.6 Å². The molecule has 9 unspecified atom stereocenters. The molecule has 0 radical (unpaired) electrons. The number of carbonyl (C=O) groups is 6. The zero-order valence-electron chi connectivity index (χ0n) is 46.4. The van der Waals surface area contributed by atoms with Crippen molar-refractivity contribution in [2.75, 3.05) is 120 Å². The molecule has 0 bridgehead atoms. The van der Waals surface area contributed by atoms with E-state index in [4.69, 9.17) is 43.6 Å². The van der Waals surface area contributed by atoms with Gasteiger partial charge in [0.25, 0.3) is 0 Å². The summed E-state index contributed by atoms with van der Waals surface area (Å²) >= 11 is 0. The fourth-order valence-electron chi connectivity index (χ4n) is 9.87. The molecule has 3 rings (SSSR count). The number of nitrogens with zero attached hydrogens (tertiary/aromatic N) is 3. The summed E-state index contributed by atoms with van der Waals surface area (Å²) in [5.74, 6) is -4.13. The van der Waals surface area contributed by atoms with Crippen LogP contribution in [0.15, 0.2) is 30.3 Å². The van der Waals surface area contributed by atoms with Crippen molar-refractivity contribution >= 4 is 35.5 Å². The van der Waals surface area contributed by atoms with Gasteiger partial charge in [0.05, 0.1) is 122 Å². The molecule has 428 valence electrons. The number of carboxylic acid groups (broad SMARTS) is 1. The lowest BCUT2D eigenvalue weighted by molar-refractivity contribution is -0.150. The van der Waals surface area contributed by atoms with Gasteiger partial charge in [-0.05, 0) is 50.0 Å². The van der Waals surface area contributed by atoms with E-state index in [0.717, 1.165) is 5.56 Å². The molecule has 2 saturated heterocycles. The molecule has 2 heterocycles. The Labute approximate surface area is 445 Å². The average Bonchev–Trinajstić information content (AvgIpc) is 4.05. The van der Waals surface area contributed by atoms with E-state index in [1.54, 1.807) is 47.7 Å². The lowest BCUT2D eigenvalue weighted by Gasteiger charge is -2.41. The van der Waals surface area contributed by atoms with E-state index in [1.165, 1.54) is 14.2 Å². The topological polar surface area (TPSA) is 256 Å². The van der Waals surface area contributed by atoms with E-state index in [9.17, 15) is 33.9 Å². The second kappa shape index (κ2) is 35.2.